The maximum absolute atomic E-state index is 12.2. The summed E-state index contributed by atoms with van der Waals surface area (Å²) < 4.78 is 31.0. The number of benzene rings is 2. The number of hydrogen-bond acceptors (Lipinski definition) is 4. The molecule has 120 valence electrons. The second kappa shape index (κ2) is 5.98. The minimum Gasteiger partial charge on any atom is -0.423 e. The highest BCUT2D eigenvalue weighted by atomic mass is 79.9. The van der Waals surface area contributed by atoms with Crippen LogP contribution in [0.4, 0.5) is 5.69 Å². The Morgan fingerprint density at radius 1 is 1.17 bits per heavy atom. The van der Waals surface area contributed by atoms with Crippen molar-refractivity contribution in [2.75, 3.05) is 17.1 Å². The zero-order chi connectivity index (χ0) is 16.6. The van der Waals surface area contributed by atoms with E-state index in [9.17, 15) is 13.2 Å². The van der Waals surface area contributed by atoms with Crippen molar-refractivity contribution in [1.82, 2.24) is 0 Å². The van der Waals surface area contributed by atoms with Crippen LogP contribution in [0.25, 0.3) is 0 Å². The maximum Gasteiger partial charge on any atom is 0.343 e. The molecule has 0 aromatic heterocycles. The number of halogens is 1. The number of ether oxygens (including phenoxy) is 1. The number of fused-ring (bicyclic) bond motifs is 1. The summed E-state index contributed by atoms with van der Waals surface area (Å²) in [5.41, 5.74) is 1.87. The van der Waals surface area contributed by atoms with Crippen LogP contribution in [0.5, 0.6) is 5.75 Å². The van der Waals surface area contributed by atoms with Crippen molar-refractivity contribution in [1.29, 1.82) is 0 Å². The van der Waals surface area contributed by atoms with Gasteiger partial charge in [0.1, 0.15) is 5.75 Å². The van der Waals surface area contributed by atoms with E-state index in [2.05, 4.69) is 15.9 Å². The van der Waals surface area contributed by atoms with Gasteiger partial charge in [-0.2, -0.15) is 0 Å². The molecule has 0 bridgehead atoms. The first kappa shape index (κ1) is 16.0. The molecule has 0 saturated heterocycles. The van der Waals surface area contributed by atoms with E-state index in [4.69, 9.17) is 4.74 Å². The van der Waals surface area contributed by atoms with Gasteiger partial charge in [0.2, 0.25) is 10.0 Å². The van der Waals surface area contributed by atoms with Gasteiger partial charge in [-0.3, -0.25) is 4.31 Å². The minimum absolute atomic E-state index is 0.402. The molecular weight excluding hydrogens is 382 g/mol. The number of rotatable bonds is 3. The van der Waals surface area contributed by atoms with E-state index in [1.165, 1.54) is 10.6 Å². The number of esters is 1. The van der Waals surface area contributed by atoms with Crippen molar-refractivity contribution in [2.45, 2.75) is 6.42 Å². The summed E-state index contributed by atoms with van der Waals surface area (Å²) in [5, 5.41) is 0. The van der Waals surface area contributed by atoms with E-state index in [1.54, 1.807) is 42.5 Å². The van der Waals surface area contributed by atoms with E-state index >= 15 is 0 Å². The molecule has 0 radical (unpaired) electrons. The van der Waals surface area contributed by atoms with Crippen molar-refractivity contribution in [3.63, 3.8) is 0 Å². The van der Waals surface area contributed by atoms with Crippen molar-refractivity contribution < 1.29 is 17.9 Å². The normalized spacial score (nSPS) is 13.7. The second-order valence-corrected chi connectivity index (χ2v) is 8.09. The SMILES string of the molecule is CS(=O)(=O)N1CCc2cc(C(=O)Oc3ccc(Br)cc3)ccc21. The molecule has 1 aliphatic rings. The molecule has 0 spiro atoms. The molecule has 0 unspecified atom stereocenters. The second-order valence-electron chi connectivity index (χ2n) is 5.27. The van der Waals surface area contributed by atoms with Crippen LogP contribution in [0.3, 0.4) is 0 Å². The predicted molar refractivity (Wildman–Crippen MR) is 91.4 cm³/mol. The van der Waals surface area contributed by atoms with E-state index in [0.29, 0.717) is 30.0 Å². The summed E-state index contributed by atoms with van der Waals surface area (Å²) in [5.74, 6) is -0.00982. The Hall–Kier alpha value is -1.86. The van der Waals surface area contributed by atoms with Gasteiger partial charge in [-0.25, -0.2) is 13.2 Å². The van der Waals surface area contributed by atoms with Gasteiger partial charge in [0.05, 0.1) is 17.5 Å². The molecule has 0 atom stereocenters. The summed E-state index contributed by atoms with van der Waals surface area (Å²) in [4.78, 5) is 12.2. The summed E-state index contributed by atoms with van der Waals surface area (Å²) in [6.45, 7) is 0.402. The lowest BCUT2D eigenvalue weighted by Crippen LogP contribution is -2.27. The first-order chi connectivity index (χ1) is 10.8. The molecule has 0 aliphatic carbocycles. The van der Waals surface area contributed by atoms with Gasteiger partial charge >= 0.3 is 5.97 Å². The molecule has 0 N–H and O–H groups in total. The molecule has 3 rings (SSSR count). The Labute approximate surface area is 143 Å². The number of sulfonamides is 1. The van der Waals surface area contributed by atoms with Crippen molar-refractivity contribution in [3.8, 4) is 5.75 Å². The molecule has 0 saturated carbocycles. The highest BCUT2D eigenvalue weighted by Gasteiger charge is 2.27. The van der Waals surface area contributed by atoms with E-state index in [1.807, 2.05) is 0 Å². The molecule has 0 amide bonds. The molecule has 0 fully saturated rings. The molecule has 1 heterocycles. The Balaban J connectivity index is 1.82. The molecule has 7 heteroatoms. The summed E-state index contributed by atoms with van der Waals surface area (Å²) in [6.07, 6.45) is 1.76. The van der Waals surface area contributed by atoms with E-state index in [0.717, 1.165) is 10.0 Å². The van der Waals surface area contributed by atoms with Gasteiger partial charge in [0, 0.05) is 11.0 Å². The molecule has 1 aliphatic heterocycles. The number of carbonyl (C=O) groups is 1. The molecule has 2 aromatic rings. The number of hydrogen-bond donors (Lipinski definition) is 0. The average Bonchev–Trinajstić information content (AvgIpc) is 2.92. The fourth-order valence-corrected chi connectivity index (χ4v) is 3.73. The van der Waals surface area contributed by atoms with Gasteiger partial charge in [0.15, 0.2) is 0 Å². The maximum atomic E-state index is 12.2. The third-order valence-corrected chi connectivity index (χ3v) is 5.30. The monoisotopic (exact) mass is 395 g/mol. The van der Waals surface area contributed by atoms with E-state index < -0.39 is 16.0 Å². The topological polar surface area (TPSA) is 63.7 Å². The summed E-state index contributed by atoms with van der Waals surface area (Å²) in [7, 11) is -3.29. The largest absolute Gasteiger partial charge is 0.423 e. The highest BCUT2D eigenvalue weighted by molar-refractivity contribution is 9.10. The van der Waals surface area contributed by atoms with Gasteiger partial charge in [-0.1, -0.05) is 15.9 Å². The molecule has 5 nitrogen and oxygen atoms in total. The Bertz CT molecular complexity index is 862. The minimum atomic E-state index is -3.29. The van der Waals surface area contributed by atoms with Crippen molar-refractivity contribution in [3.05, 3.63) is 58.1 Å². The smallest absolute Gasteiger partial charge is 0.343 e. The van der Waals surface area contributed by atoms with Gasteiger partial charge in [-0.05, 0) is 54.4 Å². The van der Waals surface area contributed by atoms with Crippen LogP contribution < -0.4 is 9.04 Å². The zero-order valence-corrected chi connectivity index (χ0v) is 14.7. The first-order valence-corrected chi connectivity index (χ1v) is 9.57. The lowest BCUT2D eigenvalue weighted by atomic mass is 10.1. The van der Waals surface area contributed by atoms with Crippen LogP contribution in [-0.2, 0) is 16.4 Å². The van der Waals surface area contributed by atoms with Crippen molar-refractivity contribution in [2.24, 2.45) is 0 Å². The van der Waals surface area contributed by atoms with E-state index in [-0.39, 0.29) is 0 Å². The number of nitrogens with zero attached hydrogens (tertiary/aromatic N) is 1. The third-order valence-electron chi connectivity index (χ3n) is 3.59. The molecular formula is C16H14BrNO4S. The van der Waals surface area contributed by atoms with Crippen LogP contribution in [0.1, 0.15) is 15.9 Å². The van der Waals surface area contributed by atoms with Crippen molar-refractivity contribution >= 4 is 37.6 Å². The lowest BCUT2D eigenvalue weighted by molar-refractivity contribution is 0.0734. The van der Waals surface area contributed by atoms with Gasteiger partial charge in [-0.15, -0.1) is 0 Å². The lowest BCUT2D eigenvalue weighted by Gasteiger charge is -2.16. The van der Waals surface area contributed by atoms with Crippen LogP contribution in [0.15, 0.2) is 46.9 Å². The van der Waals surface area contributed by atoms with Crippen LogP contribution in [0.2, 0.25) is 0 Å². The fraction of sp³-hybridized carbons (Fsp3) is 0.188. The predicted octanol–water partition coefficient (Wildman–Crippen LogP) is 2.99. The Kier molecular flexibility index (Phi) is 4.16. The van der Waals surface area contributed by atoms with Crippen LogP contribution in [0, 0.1) is 0 Å². The summed E-state index contributed by atoms with van der Waals surface area (Å²) in [6, 6.07) is 11.9. The standard InChI is InChI=1S/C16H14BrNO4S/c1-23(20,21)18-9-8-11-10-12(2-7-15(11)18)16(19)22-14-5-3-13(17)4-6-14/h2-7,10H,8-9H2,1H3. The highest BCUT2D eigenvalue weighted by Crippen LogP contribution is 2.31. The number of anilines is 1. The average molecular weight is 396 g/mol. The molecule has 2 aromatic carbocycles. The van der Waals surface area contributed by atoms with Crippen LogP contribution in [-0.4, -0.2) is 27.2 Å². The first-order valence-electron chi connectivity index (χ1n) is 6.93. The Morgan fingerprint density at radius 3 is 2.52 bits per heavy atom. The van der Waals surface area contributed by atoms with Gasteiger partial charge < -0.3 is 4.74 Å². The fourth-order valence-electron chi connectivity index (χ4n) is 2.51. The number of carbonyl (C=O) groups excluding carboxylic acids is 1. The summed E-state index contributed by atoms with van der Waals surface area (Å²) >= 11 is 3.32. The quantitative estimate of drug-likeness (QED) is 0.591. The Morgan fingerprint density at radius 2 is 1.87 bits per heavy atom. The zero-order valence-electron chi connectivity index (χ0n) is 12.3. The third kappa shape index (κ3) is 3.40. The van der Waals surface area contributed by atoms with Gasteiger partial charge in [0.25, 0.3) is 0 Å². The molecule has 23 heavy (non-hydrogen) atoms. The van der Waals surface area contributed by atoms with Crippen LogP contribution >= 0.6 is 15.9 Å².